The van der Waals surface area contributed by atoms with Crippen LogP contribution in [-0.2, 0) is 23.7 Å². The second-order valence-electron chi connectivity index (χ2n) is 20.9. The average molecular weight is 1000 g/mol. The molecule has 0 bridgehead atoms. The summed E-state index contributed by atoms with van der Waals surface area (Å²) in [5, 5.41) is 0. The van der Waals surface area contributed by atoms with Gasteiger partial charge in [0.1, 0.15) is 23.3 Å². The summed E-state index contributed by atoms with van der Waals surface area (Å²) in [6.45, 7) is 0. The molecule has 3 aromatic heterocycles. The van der Waals surface area contributed by atoms with Crippen molar-refractivity contribution in [1.29, 1.82) is 0 Å². The first-order valence-electron chi connectivity index (χ1n) is 26.5. The Bertz CT molecular complexity index is 3540. The van der Waals surface area contributed by atoms with Crippen LogP contribution in [0.5, 0.6) is 0 Å². The van der Waals surface area contributed by atoms with E-state index in [-0.39, 0.29) is 22.0 Å². The molecule has 10 aromatic rings. The topological polar surface area (TPSA) is 38.7 Å². The minimum Gasteiger partial charge on any atom is -0.256 e. The summed E-state index contributed by atoms with van der Waals surface area (Å²) >= 11 is 0. The van der Waals surface area contributed by atoms with Gasteiger partial charge in [-0.3, -0.25) is 15.0 Å². The normalized spacial score (nSPS) is 14.7. The molecule has 0 saturated heterocycles. The van der Waals surface area contributed by atoms with E-state index in [9.17, 15) is 8.78 Å². The molecule has 0 aliphatic heterocycles. The molecule has 2 aliphatic carbocycles. The molecule has 0 amide bonds. The molecule has 3 heterocycles. The van der Waals surface area contributed by atoms with Crippen molar-refractivity contribution in [3.63, 3.8) is 0 Å². The molecule has 0 atom stereocenters. The fourth-order valence-corrected chi connectivity index (χ4v) is 12.4. The standard InChI is InChI=1S/C69H55F4N3/c70-55-25-27-59(63(72)38-55)65-29-23-53(43-74-65)68(31-9-10-32-68)41-46-35-47(42-69(33-11-12-34-69)54-24-30-66(75-44-54)60-28-26-56(71)39-64(60)73)37-52(36-46)57-17-7-8-18-58(57)62-45-76-67(51-15-5-2-6-16-51)40-61(62)50-21-19-49(20-22-50)48-13-3-1-4-14-48/h1-8,13-30,35-40,43-45H,9-12,31-34,41-42H2. The maximum atomic E-state index is 15.0. The van der Waals surface area contributed by atoms with E-state index in [0.717, 1.165) is 143 Å². The lowest BCUT2D eigenvalue weighted by atomic mass is 9.72. The minimum atomic E-state index is -0.634. The van der Waals surface area contributed by atoms with Gasteiger partial charge in [0.2, 0.25) is 0 Å². The Kier molecular flexibility index (Phi) is 13.3. The molecule has 12 rings (SSSR count). The summed E-state index contributed by atoms with van der Waals surface area (Å²) in [7, 11) is 0. The zero-order chi connectivity index (χ0) is 51.6. The van der Waals surface area contributed by atoms with E-state index in [1.165, 1.54) is 35.4 Å². The molecule has 2 aliphatic rings. The van der Waals surface area contributed by atoms with Crippen LogP contribution in [0.2, 0.25) is 0 Å². The van der Waals surface area contributed by atoms with Crippen LogP contribution in [0.1, 0.15) is 73.6 Å². The Balaban J connectivity index is 0.976. The number of hydrogen-bond donors (Lipinski definition) is 0. The quantitative estimate of drug-likeness (QED) is 0.108. The lowest BCUT2D eigenvalue weighted by Gasteiger charge is -2.32. The van der Waals surface area contributed by atoms with Gasteiger partial charge in [-0.05, 0) is 142 Å². The molecule has 374 valence electrons. The molecule has 3 nitrogen and oxygen atoms in total. The van der Waals surface area contributed by atoms with Crippen LogP contribution in [0.3, 0.4) is 0 Å². The number of benzene rings is 7. The van der Waals surface area contributed by atoms with Crippen LogP contribution >= 0.6 is 0 Å². The lowest BCUT2D eigenvalue weighted by Crippen LogP contribution is -2.27. The average Bonchev–Trinajstić information content (AvgIpc) is 4.15. The van der Waals surface area contributed by atoms with Crippen LogP contribution in [-0.4, -0.2) is 15.0 Å². The SMILES string of the molecule is Fc1ccc(-c2ccc(C3(Cc4cc(CC5(c6ccc(-c7ccc(F)cc7F)nc6)CCCC5)cc(-c5ccccc5-c5cnc(-c6ccccc6)cc5-c5ccc(-c6ccccc6)cc5)c4)CCCC3)cn2)c(F)c1. The van der Waals surface area contributed by atoms with Gasteiger partial charge in [-0.1, -0.05) is 165 Å². The van der Waals surface area contributed by atoms with Gasteiger partial charge in [-0.2, -0.15) is 0 Å². The summed E-state index contributed by atoms with van der Waals surface area (Å²) in [6.07, 6.45) is 15.7. The summed E-state index contributed by atoms with van der Waals surface area (Å²) in [5.74, 6) is -2.51. The summed E-state index contributed by atoms with van der Waals surface area (Å²) in [5.41, 5.74) is 16.5. The van der Waals surface area contributed by atoms with E-state index in [1.807, 2.05) is 55.0 Å². The maximum absolute atomic E-state index is 15.0. The molecular weight excluding hydrogens is 947 g/mol. The van der Waals surface area contributed by atoms with Crippen molar-refractivity contribution in [1.82, 2.24) is 15.0 Å². The molecule has 0 spiro atoms. The third kappa shape index (κ3) is 9.78. The summed E-state index contributed by atoms with van der Waals surface area (Å²) < 4.78 is 57.8. The highest BCUT2D eigenvalue weighted by molar-refractivity contribution is 5.93. The number of pyridine rings is 3. The molecule has 7 aromatic carbocycles. The Morgan fingerprint density at radius 1 is 0.316 bits per heavy atom. The van der Waals surface area contributed by atoms with Crippen molar-refractivity contribution in [3.05, 3.63) is 258 Å². The van der Waals surface area contributed by atoms with Gasteiger partial charge in [0.05, 0.1) is 17.1 Å². The van der Waals surface area contributed by atoms with Crippen molar-refractivity contribution in [3.8, 4) is 78.3 Å². The van der Waals surface area contributed by atoms with Crippen LogP contribution in [0.15, 0.2) is 213 Å². The summed E-state index contributed by atoms with van der Waals surface area (Å²) in [6, 6.07) is 62.9. The lowest BCUT2D eigenvalue weighted by molar-refractivity contribution is 0.431. The Morgan fingerprint density at radius 3 is 1.28 bits per heavy atom. The van der Waals surface area contributed by atoms with E-state index in [0.29, 0.717) is 11.4 Å². The van der Waals surface area contributed by atoms with E-state index in [4.69, 9.17) is 15.0 Å². The number of hydrogen-bond acceptors (Lipinski definition) is 3. The van der Waals surface area contributed by atoms with Gasteiger partial charge >= 0.3 is 0 Å². The predicted molar refractivity (Wildman–Crippen MR) is 298 cm³/mol. The molecule has 7 heteroatoms. The highest BCUT2D eigenvalue weighted by Gasteiger charge is 2.39. The Hall–Kier alpha value is -8.29. The fraction of sp³-hybridized carbons (Fsp3) is 0.174. The van der Waals surface area contributed by atoms with E-state index in [2.05, 4.69) is 121 Å². The predicted octanol–water partition coefficient (Wildman–Crippen LogP) is 18.2. The minimum absolute atomic E-state index is 0.209. The van der Waals surface area contributed by atoms with Gasteiger partial charge in [-0.25, -0.2) is 17.6 Å². The summed E-state index contributed by atoms with van der Waals surface area (Å²) in [4.78, 5) is 14.8. The fourth-order valence-electron chi connectivity index (χ4n) is 12.4. The third-order valence-electron chi connectivity index (χ3n) is 16.2. The molecule has 0 radical (unpaired) electrons. The molecule has 76 heavy (non-hydrogen) atoms. The third-order valence-corrected chi connectivity index (χ3v) is 16.2. The number of rotatable bonds is 13. The Morgan fingerprint density at radius 2 is 0.776 bits per heavy atom. The van der Waals surface area contributed by atoms with Crippen molar-refractivity contribution < 1.29 is 17.6 Å². The first kappa shape index (κ1) is 48.6. The smallest absolute Gasteiger partial charge is 0.135 e. The van der Waals surface area contributed by atoms with Gasteiger partial charge in [-0.15, -0.1) is 0 Å². The Labute approximate surface area is 442 Å². The molecule has 0 N–H and O–H groups in total. The highest BCUT2D eigenvalue weighted by atomic mass is 19.1. The first-order chi connectivity index (χ1) is 37.2. The van der Waals surface area contributed by atoms with Crippen LogP contribution < -0.4 is 0 Å². The van der Waals surface area contributed by atoms with Gasteiger partial charge in [0.15, 0.2) is 0 Å². The van der Waals surface area contributed by atoms with E-state index >= 15 is 8.78 Å². The zero-order valence-electron chi connectivity index (χ0n) is 42.1. The first-order valence-corrected chi connectivity index (χ1v) is 26.5. The second-order valence-corrected chi connectivity index (χ2v) is 20.9. The van der Waals surface area contributed by atoms with Gasteiger partial charge in [0.25, 0.3) is 0 Å². The van der Waals surface area contributed by atoms with Crippen molar-refractivity contribution >= 4 is 0 Å². The van der Waals surface area contributed by atoms with Crippen LogP contribution in [0, 0.1) is 23.3 Å². The number of aromatic nitrogens is 3. The highest BCUT2D eigenvalue weighted by Crippen LogP contribution is 2.48. The van der Waals surface area contributed by atoms with E-state index < -0.39 is 23.3 Å². The largest absolute Gasteiger partial charge is 0.256 e. The van der Waals surface area contributed by atoms with Crippen molar-refractivity contribution in [2.75, 3.05) is 0 Å². The number of nitrogens with zero attached hydrogens (tertiary/aromatic N) is 3. The maximum Gasteiger partial charge on any atom is 0.135 e. The van der Waals surface area contributed by atoms with Gasteiger partial charge < -0.3 is 0 Å². The van der Waals surface area contributed by atoms with Crippen molar-refractivity contribution in [2.24, 2.45) is 0 Å². The zero-order valence-corrected chi connectivity index (χ0v) is 42.1. The van der Waals surface area contributed by atoms with Crippen LogP contribution in [0.25, 0.3) is 78.3 Å². The molecular formula is C69H55F4N3. The monoisotopic (exact) mass is 1000 g/mol. The molecule has 2 saturated carbocycles. The van der Waals surface area contributed by atoms with E-state index in [1.54, 1.807) is 0 Å². The van der Waals surface area contributed by atoms with Crippen LogP contribution in [0.4, 0.5) is 17.6 Å². The van der Waals surface area contributed by atoms with Gasteiger partial charge in [0, 0.05) is 63.8 Å². The molecule has 0 unspecified atom stereocenters. The molecule has 2 fully saturated rings. The second kappa shape index (κ2) is 20.8. The van der Waals surface area contributed by atoms with Crippen molar-refractivity contribution in [2.45, 2.75) is 75.0 Å². The number of halogens is 4.